The van der Waals surface area contributed by atoms with E-state index in [9.17, 15) is 0 Å². The smallest absolute Gasteiger partial charge is 0.155 e. The number of H-pyrrole nitrogens is 1. The van der Waals surface area contributed by atoms with Crippen molar-refractivity contribution < 1.29 is 4.42 Å². The van der Waals surface area contributed by atoms with Crippen molar-refractivity contribution in [2.24, 2.45) is 0 Å². The van der Waals surface area contributed by atoms with Crippen LogP contribution in [0.4, 0.5) is 5.82 Å². The van der Waals surface area contributed by atoms with E-state index in [0.717, 1.165) is 28.1 Å². The molecule has 0 aliphatic rings. The van der Waals surface area contributed by atoms with Gasteiger partial charge < -0.3 is 10.2 Å². The Hall–Kier alpha value is -2.20. The monoisotopic (exact) mass is 273 g/mol. The molecule has 3 rings (SSSR count). The van der Waals surface area contributed by atoms with Crippen molar-refractivity contribution in [3.05, 3.63) is 47.2 Å². The Balaban J connectivity index is 2.26. The highest BCUT2D eigenvalue weighted by Gasteiger charge is 2.19. The molecule has 0 amide bonds. The Bertz CT molecular complexity index is 730. The van der Waals surface area contributed by atoms with Crippen molar-refractivity contribution in [3.63, 3.8) is 0 Å². The quantitative estimate of drug-likeness (QED) is 0.744. The molecule has 0 aliphatic heterocycles. The summed E-state index contributed by atoms with van der Waals surface area (Å²) in [5.41, 5.74) is 9.31. The predicted octanol–water partition coefficient (Wildman–Crippen LogP) is 3.88. The second-order valence-electron chi connectivity index (χ2n) is 4.27. The summed E-state index contributed by atoms with van der Waals surface area (Å²) in [6.45, 7) is 1.96. The second-order valence-corrected chi connectivity index (χ2v) is 4.68. The van der Waals surface area contributed by atoms with Crippen LogP contribution in [0.15, 0.2) is 41.0 Å². The number of aromatic nitrogens is 2. The Kier molecular flexibility index (Phi) is 2.80. The first-order chi connectivity index (χ1) is 9.18. The summed E-state index contributed by atoms with van der Waals surface area (Å²) in [5, 5.41) is 7.61. The number of nitrogen functional groups attached to an aromatic ring is 1. The minimum absolute atomic E-state index is 0.402. The molecular formula is C14H12ClN3O. The van der Waals surface area contributed by atoms with E-state index in [0.29, 0.717) is 10.8 Å². The van der Waals surface area contributed by atoms with E-state index in [1.807, 2.05) is 37.3 Å². The van der Waals surface area contributed by atoms with Crippen molar-refractivity contribution in [2.45, 2.75) is 6.92 Å². The van der Waals surface area contributed by atoms with E-state index < -0.39 is 0 Å². The van der Waals surface area contributed by atoms with Gasteiger partial charge >= 0.3 is 0 Å². The lowest BCUT2D eigenvalue weighted by atomic mass is 10.0. The van der Waals surface area contributed by atoms with Crippen LogP contribution in [-0.4, -0.2) is 10.2 Å². The van der Waals surface area contributed by atoms with Crippen LogP contribution in [0.25, 0.3) is 22.6 Å². The van der Waals surface area contributed by atoms with Gasteiger partial charge in [-0.05, 0) is 24.6 Å². The van der Waals surface area contributed by atoms with Crippen molar-refractivity contribution in [2.75, 3.05) is 5.73 Å². The Morgan fingerprint density at radius 2 is 2.05 bits per heavy atom. The molecule has 19 heavy (non-hydrogen) atoms. The first-order valence-electron chi connectivity index (χ1n) is 5.81. The topological polar surface area (TPSA) is 67.8 Å². The molecule has 4 nitrogen and oxygen atoms in total. The Morgan fingerprint density at radius 3 is 2.74 bits per heavy atom. The van der Waals surface area contributed by atoms with Gasteiger partial charge in [-0.3, -0.25) is 5.10 Å². The summed E-state index contributed by atoms with van der Waals surface area (Å²) in [5.74, 6) is 1.12. The molecule has 3 N–H and O–H groups in total. The minimum atomic E-state index is 0.402. The lowest BCUT2D eigenvalue weighted by Gasteiger charge is -2.05. The highest BCUT2D eigenvalue weighted by atomic mass is 35.5. The van der Waals surface area contributed by atoms with Gasteiger partial charge in [0.25, 0.3) is 0 Å². The van der Waals surface area contributed by atoms with Crippen molar-refractivity contribution in [1.82, 2.24) is 10.2 Å². The van der Waals surface area contributed by atoms with E-state index in [4.69, 9.17) is 21.8 Å². The van der Waals surface area contributed by atoms with Gasteiger partial charge in [0.1, 0.15) is 5.69 Å². The number of aryl methyl sites for hydroxylation is 1. The predicted molar refractivity (Wildman–Crippen MR) is 75.9 cm³/mol. The molecule has 0 saturated heterocycles. The first-order valence-corrected chi connectivity index (χ1v) is 6.19. The van der Waals surface area contributed by atoms with Crippen LogP contribution in [0.2, 0.25) is 5.02 Å². The number of halogens is 1. The van der Waals surface area contributed by atoms with Gasteiger partial charge in [0.05, 0.1) is 11.8 Å². The normalized spacial score (nSPS) is 10.8. The lowest BCUT2D eigenvalue weighted by Crippen LogP contribution is -1.89. The fourth-order valence-corrected chi connectivity index (χ4v) is 2.32. The maximum absolute atomic E-state index is 6.23. The molecule has 2 heterocycles. The molecule has 0 bridgehead atoms. The average Bonchev–Trinajstić information content (AvgIpc) is 2.96. The molecule has 5 heteroatoms. The summed E-state index contributed by atoms with van der Waals surface area (Å²) in [6.07, 6.45) is 1.64. The molecule has 0 saturated carbocycles. The fraction of sp³-hybridized carbons (Fsp3) is 0.0714. The molecule has 0 aliphatic carbocycles. The molecule has 0 spiro atoms. The van der Waals surface area contributed by atoms with Crippen molar-refractivity contribution in [3.8, 4) is 22.6 Å². The van der Waals surface area contributed by atoms with Gasteiger partial charge in [0.15, 0.2) is 11.6 Å². The molecule has 0 fully saturated rings. The zero-order chi connectivity index (χ0) is 13.4. The number of nitrogens with zero attached hydrogens (tertiary/aromatic N) is 1. The third-order valence-corrected chi connectivity index (χ3v) is 3.36. The number of hydrogen-bond acceptors (Lipinski definition) is 3. The summed E-state index contributed by atoms with van der Waals surface area (Å²) in [6, 6.07) is 9.41. The molecule has 3 aromatic rings. The molecule has 0 atom stereocenters. The number of anilines is 1. The van der Waals surface area contributed by atoms with Crippen LogP contribution >= 0.6 is 11.6 Å². The Labute approximate surface area is 115 Å². The first kappa shape index (κ1) is 11.9. The van der Waals surface area contributed by atoms with Gasteiger partial charge in [0.2, 0.25) is 0 Å². The van der Waals surface area contributed by atoms with Gasteiger partial charge in [-0.1, -0.05) is 29.8 Å². The number of benzene rings is 1. The maximum Gasteiger partial charge on any atom is 0.155 e. The van der Waals surface area contributed by atoms with E-state index in [1.165, 1.54) is 0 Å². The number of nitrogens with two attached hydrogens (primary N) is 1. The highest BCUT2D eigenvalue weighted by molar-refractivity contribution is 6.33. The van der Waals surface area contributed by atoms with E-state index in [-0.39, 0.29) is 0 Å². The minimum Gasteiger partial charge on any atom is -0.462 e. The molecule has 0 radical (unpaired) electrons. The maximum atomic E-state index is 6.23. The zero-order valence-electron chi connectivity index (χ0n) is 10.3. The number of hydrogen-bond donors (Lipinski definition) is 2. The van der Waals surface area contributed by atoms with Gasteiger partial charge in [-0.15, -0.1) is 0 Å². The van der Waals surface area contributed by atoms with Crippen LogP contribution in [0.1, 0.15) is 5.56 Å². The number of aromatic amines is 1. The third kappa shape index (κ3) is 1.90. The number of nitrogens with one attached hydrogen (secondary N) is 1. The summed E-state index contributed by atoms with van der Waals surface area (Å²) in [7, 11) is 0. The average molecular weight is 274 g/mol. The van der Waals surface area contributed by atoms with Crippen LogP contribution in [0, 0.1) is 6.92 Å². The Morgan fingerprint density at radius 1 is 1.26 bits per heavy atom. The zero-order valence-corrected chi connectivity index (χ0v) is 11.0. The van der Waals surface area contributed by atoms with Crippen LogP contribution in [-0.2, 0) is 0 Å². The standard InChI is InChI=1S/C14H12ClN3O/c1-8-6-7-19-13(8)12-11(14(16)18-17-12)9-4-2-3-5-10(9)15/h2-7H,1H3,(H3,16,17,18). The fourth-order valence-electron chi connectivity index (χ4n) is 2.09. The van der Waals surface area contributed by atoms with Gasteiger partial charge in [-0.25, -0.2) is 0 Å². The molecule has 2 aromatic heterocycles. The molecule has 96 valence electrons. The largest absolute Gasteiger partial charge is 0.462 e. The lowest BCUT2D eigenvalue weighted by molar-refractivity contribution is 0.578. The summed E-state index contributed by atoms with van der Waals surface area (Å²) in [4.78, 5) is 0. The second kappa shape index (κ2) is 4.48. The summed E-state index contributed by atoms with van der Waals surface area (Å²) >= 11 is 6.23. The molecular weight excluding hydrogens is 262 g/mol. The van der Waals surface area contributed by atoms with Crippen LogP contribution in [0.5, 0.6) is 0 Å². The SMILES string of the molecule is Cc1ccoc1-c1[nH]nc(N)c1-c1ccccc1Cl. The number of furan rings is 1. The van der Waals surface area contributed by atoms with Crippen molar-refractivity contribution >= 4 is 17.4 Å². The van der Waals surface area contributed by atoms with Gasteiger partial charge in [0, 0.05) is 10.6 Å². The summed E-state index contributed by atoms with van der Waals surface area (Å²) < 4.78 is 5.50. The highest BCUT2D eigenvalue weighted by Crippen LogP contribution is 2.39. The van der Waals surface area contributed by atoms with E-state index in [1.54, 1.807) is 6.26 Å². The number of rotatable bonds is 2. The van der Waals surface area contributed by atoms with E-state index in [2.05, 4.69) is 10.2 Å². The van der Waals surface area contributed by atoms with Crippen molar-refractivity contribution in [1.29, 1.82) is 0 Å². The molecule has 1 aromatic carbocycles. The third-order valence-electron chi connectivity index (χ3n) is 3.03. The van der Waals surface area contributed by atoms with E-state index >= 15 is 0 Å². The van der Waals surface area contributed by atoms with Crippen LogP contribution in [0.3, 0.4) is 0 Å². The van der Waals surface area contributed by atoms with Gasteiger partial charge in [-0.2, -0.15) is 5.10 Å². The van der Waals surface area contributed by atoms with Crippen LogP contribution < -0.4 is 5.73 Å². The molecule has 0 unspecified atom stereocenters.